The van der Waals surface area contributed by atoms with Gasteiger partial charge in [-0.1, -0.05) is 6.07 Å². The van der Waals surface area contributed by atoms with E-state index >= 15 is 0 Å². The summed E-state index contributed by atoms with van der Waals surface area (Å²) >= 11 is 0. The Labute approximate surface area is 99.7 Å². The SMILES string of the molecule is NC(=O)CC(N)c1ccc2c(c1)OCCCO2. The van der Waals surface area contributed by atoms with Crippen LogP contribution in [-0.2, 0) is 4.79 Å². The van der Waals surface area contributed by atoms with Crippen LogP contribution in [0.4, 0.5) is 0 Å². The minimum Gasteiger partial charge on any atom is -0.490 e. The Morgan fingerprint density at radius 1 is 1.29 bits per heavy atom. The molecule has 2 rings (SSSR count). The number of carbonyl (C=O) groups is 1. The van der Waals surface area contributed by atoms with E-state index in [9.17, 15) is 4.79 Å². The number of nitrogens with two attached hydrogens (primary N) is 2. The average molecular weight is 236 g/mol. The van der Waals surface area contributed by atoms with Crippen LogP contribution in [0.15, 0.2) is 18.2 Å². The fourth-order valence-electron chi connectivity index (χ4n) is 1.75. The van der Waals surface area contributed by atoms with E-state index < -0.39 is 11.9 Å². The maximum Gasteiger partial charge on any atom is 0.219 e. The molecule has 0 saturated heterocycles. The van der Waals surface area contributed by atoms with Crippen LogP contribution in [0.5, 0.6) is 11.5 Å². The highest BCUT2D eigenvalue weighted by molar-refractivity contribution is 5.74. The third-order valence-electron chi connectivity index (χ3n) is 2.62. The van der Waals surface area contributed by atoms with Gasteiger partial charge in [-0.2, -0.15) is 0 Å². The highest BCUT2D eigenvalue weighted by atomic mass is 16.5. The molecule has 1 aromatic carbocycles. The van der Waals surface area contributed by atoms with E-state index in [1.54, 1.807) is 0 Å². The molecule has 92 valence electrons. The van der Waals surface area contributed by atoms with Crippen molar-refractivity contribution in [2.45, 2.75) is 18.9 Å². The zero-order valence-corrected chi connectivity index (χ0v) is 9.52. The average Bonchev–Trinajstić information content (AvgIpc) is 2.51. The Hall–Kier alpha value is -1.75. The first-order valence-electron chi connectivity index (χ1n) is 5.60. The first-order chi connectivity index (χ1) is 8.16. The number of primary amides is 1. The summed E-state index contributed by atoms with van der Waals surface area (Å²) in [5, 5.41) is 0. The Balaban J connectivity index is 2.20. The summed E-state index contributed by atoms with van der Waals surface area (Å²) in [6, 6.07) is 5.07. The third-order valence-corrected chi connectivity index (χ3v) is 2.62. The Kier molecular flexibility index (Phi) is 3.49. The normalized spacial score (nSPS) is 16.1. The maximum absolute atomic E-state index is 10.8. The van der Waals surface area contributed by atoms with E-state index in [4.69, 9.17) is 20.9 Å². The molecule has 0 aliphatic carbocycles. The predicted octanol–water partition coefficient (Wildman–Crippen LogP) is 0.723. The highest BCUT2D eigenvalue weighted by Crippen LogP contribution is 2.32. The molecule has 1 aromatic rings. The zero-order chi connectivity index (χ0) is 12.3. The lowest BCUT2D eigenvalue weighted by Crippen LogP contribution is -2.20. The van der Waals surface area contributed by atoms with Gasteiger partial charge in [0, 0.05) is 18.9 Å². The Bertz CT molecular complexity index is 420. The van der Waals surface area contributed by atoms with E-state index in [-0.39, 0.29) is 6.42 Å². The van der Waals surface area contributed by atoms with Crippen molar-refractivity contribution in [3.05, 3.63) is 23.8 Å². The van der Waals surface area contributed by atoms with Gasteiger partial charge in [0.25, 0.3) is 0 Å². The smallest absolute Gasteiger partial charge is 0.219 e. The number of benzene rings is 1. The molecule has 1 amide bonds. The van der Waals surface area contributed by atoms with Gasteiger partial charge in [0.1, 0.15) is 0 Å². The van der Waals surface area contributed by atoms with Gasteiger partial charge in [-0.3, -0.25) is 4.79 Å². The number of hydrogen-bond donors (Lipinski definition) is 2. The Morgan fingerprint density at radius 2 is 2.00 bits per heavy atom. The third kappa shape index (κ3) is 2.88. The molecule has 0 bridgehead atoms. The van der Waals surface area contributed by atoms with Crippen LogP contribution in [0.1, 0.15) is 24.4 Å². The van der Waals surface area contributed by atoms with Gasteiger partial charge < -0.3 is 20.9 Å². The predicted molar refractivity (Wildman–Crippen MR) is 62.8 cm³/mol. The zero-order valence-electron chi connectivity index (χ0n) is 9.52. The molecule has 5 nitrogen and oxygen atoms in total. The van der Waals surface area contributed by atoms with Crippen molar-refractivity contribution in [1.29, 1.82) is 0 Å². The minimum absolute atomic E-state index is 0.125. The monoisotopic (exact) mass is 236 g/mol. The van der Waals surface area contributed by atoms with E-state index in [1.807, 2.05) is 18.2 Å². The molecule has 4 N–H and O–H groups in total. The van der Waals surface area contributed by atoms with Gasteiger partial charge >= 0.3 is 0 Å². The molecule has 1 aliphatic rings. The number of fused-ring (bicyclic) bond motifs is 1. The van der Waals surface area contributed by atoms with Crippen LogP contribution in [0, 0.1) is 0 Å². The standard InChI is InChI=1S/C12H16N2O3/c13-9(7-12(14)15)8-2-3-10-11(6-8)17-5-1-4-16-10/h2-3,6,9H,1,4-5,7,13H2,(H2,14,15). The molecular weight excluding hydrogens is 220 g/mol. The molecule has 17 heavy (non-hydrogen) atoms. The van der Waals surface area contributed by atoms with Crippen molar-refractivity contribution in [3.8, 4) is 11.5 Å². The fourth-order valence-corrected chi connectivity index (χ4v) is 1.75. The van der Waals surface area contributed by atoms with Crippen molar-refractivity contribution in [3.63, 3.8) is 0 Å². The lowest BCUT2D eigenvalue weighted by molar-refractivity contribution is -0.118. The second-order valence-corrected chi connectivity index (χ2v) is 4.03. The number of carbonyl (C=O) groups excluding carboxylic acids is 1. The van der Waals surface area contributed by atoms with Crippen molar-refractivity contribution in [2.24, 2.45) is 11.5 Å². The number of hydrogen-bond acceptors (Lipinski definition) is 4. The first kappa shape index (κ1) is 11.7. The molecule has 0 radical (unpaired) electrons. The summed E-state index contributed by atoms with van der Waals surface area (Å²) in [4.78, 5) is 10.8. The summed E-state index contributed by atoms with van der Waals surface area (Å²) in [5.41, 5.74) is 11.8. The fraction of sp³-hybridized carbons (Fsp3) is 0.417. The van der Waals surface area contributed by atoms with E-state index in [0.717, 1.165) is 17.7 Å². The Morgan fingerprint density at radius 3 is 2.71 bits per heavy atom. The van der Waals surface area contributed by atoms with Gasteiger partial charge in [0.05, 0.1) is 13.2 Å². The van der Waals surface area contributed by atoms with Gasteiger partial charge in [-0.15, -0.1) is 0 Å². The number of amides is 1. The van der Waals surface area contributed by atoms with Crippen molar-refractivity contribution >= 4 is 5.91 Å². The summed E-state index contributed by atoms with van der Waals surface area (Å²) in [6.07, 6.45) is 0.983. The van der Waals surface area contributed by atoms with Crippen molar-refractivity contribution in [1.82, 2.24) is 0 Å². The van der Waals surface area contributed by atoms with E-state index in [0.29, 0.717) is 19.0 Å². The molecule has 1 unspecified atom stereocenters. The van der Waals surface area contributed by atoms with Crippen LogP contribution in [0.25, 0.3) is 0 Å². The molecule has 1 aliphatic heterocycles. The van der Waals surface area contributed by atoms with Crippen LogP contribution < -0.4 is 20.9 Å². The molecule has 1 heterocycles. The summed E-state index contributed by atoms with van der Waals surface area (Å²) < 4.78 is 11.1. The molecule has 0 saturated carbocycles. The topological polar surface area (TPSA) is 87.6 Å². The summed E-state index contributed by atoms with van der Waals surface area (Å²) in [5.74, 6) is 0.988. The lowest BCUT2D eigenvalue weighted by Gasteiger charge is -2.13. The molecule has 0 aromatic heterocycles. The van der Waals surface area contributed by atoms with Crippen molar-refractivity contribution < 1.29 is 14.3 Å². The summed E-state index contributed by atoms with van der Waals surface area (Å²) in [6.45, 7) is 1.28. The van der Waals surface area contributed by atoms with Gasteiger partial charge in [0.2, 0.25) is 5.91 Å². The van der Waals surface area contributed by atoms with Crippen molar-refractivity contribution in [2.75, 3.05) is 13.2 Å². The van der Waals surface area contributed by atoms with Gasteiger partial charge in [0.15, 0.2) is 11.5 Å². The summed E-state index contributed by atoms with van der Waals surface area (Å²) in [7, 11) is 0. The molecule has 1 atom stereocenters. The molecule has 5 heteroatoms. The van der Waals surface area contributed by atoms with Crippen LogP contribution in [0.3, 0.4) is 0 Å². The highest BCUT2D eigenvalue weighted by Gasteiger charge is 2.15. The number of rotatable bonds is 3. The minimum atomic E-state index is -0.412. The largest absolute Gasteiger partial charge is 0.490 e. The molecule has 0 fully saturated rings. The maximum atomic E-state index is 10.8. The first-order valence-corrected chi connectivity index (χ1v) is 5.60. The van der Waals surface area contributed by atoms with Crippen LogP contribution in [0.2, 0.25) is 0 Å². The molecular formula is C12H16N2O3. The van der Waals surface area contributed by atoms with Crippen LogP contribution in [-0.4, -0.2) is 19.1 Å². The number of ether oxygens (including phenoxy) is 2. The van der Waals surface area contributed by atoms with Gasteiger partial charge in [-0.05, 0) is 17.7 Å². The van der Waals surface area contributed by atoms with Gasteiger partial charge in [-0.25, -0.2) is 0 Å². The quantitative estimate of drug-likeness (QED) is 0.809. The second-order valence-electron chi connectivity index (χ2n) is 4.03. The second kappa shape index (κ2) is 5.05. The molecule has 0 spiro atoms. The lowest BCUT2D eigenvalue weighted by atomic mass is 10.0. The van der Waals surface area contributed by atoms with E-state index in [1.165, 1.54) is 0 Å². The van der Waals surface area contributed by atoms with E-state index in [2.05, 4.69) is 0 Å². The van der Waals surface area contributed by atoms with Crippen LogP contribution >= 0.6 is 0 Å².